The van der Waals surface area contributed by atoms with E-state index in [1.54, 1.807) is 36.4 Å². The number of hydrogen-bond donors (Lipinski definition) is 8. The molecular weight excluding hydrogens is 712 g/mol. The summed E-state index contributed by atoms with van der Waals surface area (Å²) in [6, 6.07) is 23.1. The molecule has 0 bridgehead atoms. The van der Waals surface area contributed by atoms with Gasteiger partial charge >= 0.3 is 6.36 Å². The fourth-order valence-electron chi connectivity index (χ4n) is 3.80. The van der Waals surface area contributed by atoms with Gasteiger partial charge in [-0.15, -0.1) is 13.2 Å². The molecular formula is C33H38F4N8O8. The van der Waals surface area contributed by atoms with Crippen LogP contribution in [0.5, 0.6) is 23.0 Å². The van der Waals surface area contributed by atoms with E-state index < -0.39 is 23.8 Å². The van der Waals surface area contributed by atoms with Crippen molar-refractivity contribution in [3.8, 4) is 23.0 Å². The van der Waals surface area contributed by atoms with Gasteiger partial charge in [-0.1, -0.05) is 57.0 Å². The van der Waals surface area contributed by atoms with Crippen molar-refractivity contribution in [2.75, 3.05) is 20.8 Å². The molecule has 0 atom stereocenters. The highest BCUT2D eigenvalue weighted by Gasteiger charge is 2.32. The summed E-state index contributed by atoms with van der Waals surface area (Å²) in [5.41, 5.74) is 22.6. The van der Waals surface area contributed by atoms with Gasteiger partial charge in [0, 0.05) is 0 Å². The number of nitrogens with two attached hydrogens (primary N) is 4. The lowest BCUT2D eigenvalue weighted by atomic mass is 10.2. The maximum atomic E-state index is 12.7. The monoisotopic (exact) mass is 750 g/mol. The molecule has 12 N–H and O–H groups in total. The Morgan fingerprint density at radius 2 is 0.925 bits per heavy atom. The predicted molar refractivity (Wildman–Crippen MR) is 187 cm³/mol. The molecule has 286 valence electrons. The van der Waals surface area contributed by atoms with E-state index in [-0.39, 0.29) is 28.6 Å². The van der Waals surface area contributed by atoms with Crippen molar-refractivity contribution in [1.82, 2.24) is 0 Å². The van der Waals surface area contributed by atoms with E-state index in [1.165, 1.54) is 44.6 Å². The number of hydrogen-bond acceptors (Lipinski definition) is 12. The number of rotatable bonds is 9. The number of halogens is 4. The molecule has 0 aromatic heterocycles. The minimum atomic E-state index is -4.81. The Morgan fingerprint density at radius 1 is 0.566 bits per heavy atom. The van der Waals surface area contributed by atoms with E-state index in [0.29, 0.717) is 35.0 Å². The van der Waals surface area contributed by atoms with Gasteiger partial charge in [0.05, 0.1) is 43.1 Å². The summed E-state index contributed by atoms with van der Waals surface area (Å²) in [7, 11) is 2.95. The molecule has 0 saturated carbocycles. The van der Waals surface area contributed by atoms with Crippen LogP contribution in [-0.2, 0) is 0 Å². The molecule has 4 aromatic carbocycles. The van der Waals surface area contributed by atoms with Crippen molar-refractivity contribution in [2.45, 2.75) is 13.3 Å². The first kappa shape index (κ1) is 43.9. The molecule has 0 heterocycles. The Kier molecular flexibility index (Phi) is 18.7. The lowest BCUT2D eigenvalue weighted by molar-refractivity contribution is -0.274. The summed E-state index contributed by atoms with van der Waals surface area (Å²) in [5, 5.41) is 44.8. The number of alkyl halides is 3. The van der Waals surface area contributed by atoms with Crippen LogP contribution in [0.4, 0.5) is 17.6 Å². The van der Waals surface area contributed by atoms with Crippen molar-refractivity contribution in [3.63, 3.8) is 0 Å². The Morgan fingerprint density at radius 3 is 1.34 bits per heavy atom. The second-order valence-electron chi connectivity index (χ2n) is 9.46. The molecule has 0 radical (unpaired) electrons. The Bertz CT molecular complexity index is 1860. The van der Waals surface area contributed by atoms with E-state index in [2.05, 4.69) is 25.4 Å². The first-order valence-electron chi connectivity index (χ1n) is 14.7. The van der Waals surface area contributed by atoms with Crippen LogP contribution in [0, 0.1) is 5.82 Å². The van der Waals surface area contributed by atoms with Gasteiger partial charge in [0.2, 0.25) is 0 Å². The first-order valence-corrected chi connectivity index (χ1v) is 14.7. The molecule has 53 heavy (non-hydrogen) atoms. The van der Waals surface area contributed by atoms with Crippen LogP contribution >= 0.6 is 0 Å². The highest BCUT2D eigenvalue weighted by atomic mass is 19.4. The average molecular weight is 751 g/mol. The van der Waals surface area contributed by atoms with Crippen LogP contribution < -0.4 is 41.9 Å². The molecule has 0 aliphatic carbocycles. The van der Waals surface area contributed by atoms with Crippen LogP contribution in [0.2, 0.25) is 0 Å². The maximum Gasteiger partial charge on any atom is 0.573 e. The molecule has 0 unspecified atom stereocenters. The minimum Gasteiger partial charge on any atom is -0.496 e. The topological polar surface area (TPSA) is 271 Å². The van der Waals surface area contributed by atoms with Gasteiger partial charge in [-0.25, -0.2) is 4.39 Å². The predicted octanol–water partition coefficient (Wildman–Crippen LogP) is 4.58. The normalized spacial score (nSPS) is 11.7. The van der Waals surface area contributed by atoms with Crippen molar-refractivity contribution in [3.05, 3.63) is 119 Å². The van der Waals surface area contributed by atoms with Gasteiger partial charge in [0.25, 0.3) is 0 Å². The third-order valence-electron chi connectivity index (χ3n) is 6.10. The Balaban J connectivity index is 0.000000354. The van der Waals surface area contributed by atoms with Gasteiger partial charge in [-0.2, -0.15) is 0 Å². The molecule has 0 amide bonds. The number of methoxy groups -OCH3 is 2. The molecule has 4 aromatic rings. The summed E-state index contributed by atoms with van der Waals surface area (Å²) in [5.74, 6) is 0.0650. The maximum absolute atomic E-state index is 12.7. The van der Waals surface area contributed by atoms with Crippen molar-refractivity contribution in [1.29, 1.82) is 0 Å². The lowest BCUT2D eigenvalue weighted by Gasteiger charge is -2.11. The zero-order chi connectivity index (χ0) is 40.0. The smallest absolute Gasteiger partial charge is 0.496 e. The molecule has 0 fully saturated rings. The van der Waals surface area contributed by atoms with E-state index in [1.807, 2.05) is 19.1 Å². The van der Waals surface area contributed by atoms with Gasteiger partial charge in [-0.3, -0.25) is 0 Å². The van der Waals surface area contributed by atoms with E-state index in [9.17, 15) is 17.6 Å². The summed E-state index contributed by atoms with van der Waals surface area (Å²) in [6.45, 7) is 2.43. The van der Waals surface area contributed by atoms with E-state index in [0.717, 1.165) is 12.1 Å². The quantitative estimate of drug-likeness (QED) is 0.0384. The van der Waals surface area contributed by atoms with Crippen molar-refractivity contribution >= 4 is 23.3 Å². The highest BCUT2D eigenvalue weighted by Crippen LogP contribution is 2.26. The van der Waals surface area contributed by atoms with Gasteiger partial charge in [-0.05, 0) is 61.5 Å². The highest BCUT2D eigenvalue weighted by molar-refractivity contribution is 6.01. The molecule has 20 heteroatoms. The van der Waals surface area contributed by atoms with E-state index in [4.69, 9.17) is 58.0 Å². The van der Waals surface area contributed by atoms with Crippen LogP contribution in [-0.4, -0.2) is 71.4 Å². The third kappa shape index (κ3) is 14.7. The van der Waals surface area contributed by atoms with Gasteiger partial charge < -0.3 is 62.7 Å². The van der Waals surface area contributed by atoms with Gasteiger partial charge in [0.1, 0.15) is 28.8 Å². The van der Waals surface area contributed by atoms with Crippen LogP contribution in [0.1, 0.15) is 29.2 Å². The van der Waals surface area contributed by atoms with Crippen LogP contribution in [0.25, 0.3) is 0 Å². The standard InChI is InChI=1S/C9H12N2O2.C8H7F3N2O2.C8H9FN2O2.C8H10N2O2/c1-2-13-8-6-4-3-5-7(8)9(10)11-12;9-8(10,11)15-6-4-2-1-3-5(6)7(12)13-14;1-13-7-3-2-5(9)4-6(7)8(10)11-12;1-12-7-5-3-2-4-6(7)8(9)10-11/h3-6,12H,2H2,1H3,(H2,10,11);1-4,14H,(H2,12,13);2-4,12H,1H3,(H2,10,11);2-5,11H,1H3,(H2,9,10). The Labute approximate surface area is 300 Å². The minimum absolute atomic E-state index is 0.0486. The molecule has 0 aliphatic rings. The molecule has 0 saturated heterocycles. The van der Waals surface area contributed by atoms with Crippen molar-refractivity contribution < 1.29 is 57.3 Å². The number of amidine groups is 4. The number of oxime groups is 4. The average Bonchev–Trinajstić information content (AvgIpc) is 3.17. The lowest BCUT2D eigenvalue weighted by Crippen LogP contribution is -2.21. The largest absolute Gasteiger partial charge is 0.573 e. The fourth-order valence-corrected chi connectivity index (χ4v) is 3.80. The van der Waals surface area contributed by atoms with Crippen LogP contribution in [0.15, 0.2) is 112 Å². The second kappa shape index (κ2) is 22.6. The zero-order valence-electron chi connectivity index (χ0n) is 28.4. The number of benzene rings is 4. The molecule has 0 aliphatic heterocycles. The molecule has 16 nitrogen and oxygen atoms in total. The van der Waals surface area contributed by atoms with Crippen LogP contribution in [0.3, 0.4) is 0 Å². The van der Waals surface area contributed by atoms with Crippen molar-refractivity contribution in [2.24, 2.45) is 43.6 Å². The molecule has 4 rings (SSSR count). The summed E-state index contributed by atoms with van der Waals surface area (Å²) in [4.78, 5) is 0. The first-order chi connectivity index (χ1) is 25.2. The number of ether oxygens (including phenoxy) is 4. The SMILES string of the molecule is CCOc1ccccc1C(N)=NO.COc1ccc(F)cc1C(N)=NO.COc1ccccc1C(N)=NO.NC(=NO)c1ccccc1OC(F)(F)F. The summed E-state index contributed by atoms with van der Waals surface area (Å²) >= 11 is 0. The second-order valence-corrected chi connectivity index (χ2v) is 9.46. The number of nitrogens with zero attached hydrogens (tertiary/aromatic N) is 4. The number of para-hydroxylation sites is 3. The van der Waals surface area contributed by atoms with E-state index >= 15 is 0 Å². The third-order valence-corrected chi connectivity index (χ3v) is 6.10. The van der Waals surface area contributed by atoms with Gasteiger partial charge in [0.15, 0.2) is 23.3 Å². The fraction of sp³-hybridized carbons (Fsp3) is 0.152. The zero-order valence-corrected chi connectivity index (χ0v) is 28.4. The summed E-state index contributed by atoms with van der Waals surface area (Å²) in [6.07, 6.45) is -4.81. The Hall–Kier alpha value is -7.12. The molecule has 0 spiro atoms. The summed E-state index contributed by atoms with van der Waals surface area (Å²) < 4.78 is 67.4.